The van der Waals surface area contributed by atoms with Crippen molar-refractivity contribution in [2.75, 3.05) is 39.6 Å². The highest BCUT2D eigenvalue weighted by Crippen LogP contribution is 2.45. The smallest absolute Gasteiger partial charge is 0.462 e. The van der Waals surface area contributed by atoms with E-state index in [2.05, 4.69) is 101 Å². The third-order valence-electron chi connectivity index (χ3n) is 17.1. The predicted molar refractivity (Wildman–Crippen MR) is 409 cm³/mol. The Labute approximate surface area is 609 Å². The number of esters is 4. The van der Waals surface area contributed by atoms with Crippen LogP contribution in [-0.4, -0.2) is 96.7 Å². The van der Waals surface area contributed by atoms with E-state index in [-0.39, 0.29) is 25.7 Å². The molecule has 0 aliphatic heterocycles. The molecule has 582 valence electrons. The molecule has 0 aliphatic carbocycles. The highest BCUT2D eigenvalue weighted by atomic mass is 31.2. The molecule has 0 bridgehead atoms. The summed E-state index contributed by atoms with van der Waals surface area (Å²) in [6.07, 6.45) is 74.5. The topological polar surface area (TPSA) is 237 Å². The van der Waals surface area contributed by atoms with Gasteiger partial charge in [-0.3, -0.25) is 37.3 Å². The van der Waals surface area contributed by atoms with Crippen molar-refractivity contribution in [2.45, 2.75) is 380 Å². The molecule has 19 heteroatoms. The van der Waals surface area contributed by atoms with Gasteiger partial charge in [0, 0.05) is 25.7 Å². The second-order valence-corrected chi connectivity index (χ2v) is 29.9. The largest absolute Gasteiger partial charge is 0.472 e. The molecule has 0 amide bonds. The van der Waals surface area contributed by atoms with Gasteiger partial charge in [-0.15, -0.1) is 0 Å². The fourth-order valence-electron chi connectivity index (χ4n) is 11.0. The van der Waals surface area contributed by atoms with E-state index >= 15 is 0 Å². The predicted octanol–water partition coefficient (Wildman–Crippen LogP) is 23.2. The lowest BCUT2D eigenvalue weighted by Crippen LogP contribution is -2.30. The summed E-state index contributed by atoms with van der Waals surface area (Å²) >= 11 is 0. The van der Waals surface area contributed by atoms with Crippen molar-refractivity contribution in [3.05, 3.63) is 72.9 Å². The first-order chi connectivity index (χ1) is 48.7. The lowest BCUT2D eigenvalue weighted by Gasteiger charge is -2.21. The molecule has 0 heterocycles. The van der Waals surface area contributed by atoms with Crippen LogP contribution < -0.4 is 0 Å². The Hall–Kier alpha value is -3.50. The van der Waals surface area contributed by atoms with Crippen molar-refractivity contribution in [1.29, 1.82) is 0 Å². The Morgan fingerprint density at radius 3 is 0.820 bits per heavy atom. The van der Waals surface area contributed by atoms with Crippen molar-refractivity contribution in [2.24, 2.45) is 0 Å². The summed E-state index contributed by atoms with van der Waals surface area (Å²) in [7, 11) is -9.95. The molecule has 100 heavy (non-hydrogen) atoms. The highest BCUT2D eigenvalue weighted by Gasteiger charge is 2.30. The third-order valence-corrected chi connectivity index (χ3v) is 19.0. The van der Waals surface area contributed by atoms with Gasteiger partial charge in [-0.05, 0) is 135 Å². The molecule has 0 saturated carbocycles. The number of allylic oxidation sites excluding steroid dienone is 12. The molecule has 0 aliphatic rings. The van der Waals surface area contributed by atoms with E-state index < -0.39 is 97.5 Å². The van der Waals surface area contributed by atoms with Crippen molar-refractivity contribution < 1.29 is 80.2 Å². The minimum Gasteiger partial charge on any atom is -0.462 e. The average Bonchev–Trinajstić information content (AvgIpc) is 1.06. The van der Waals surface area contributed by atoms with Gasteiger partial charge in [0.05, 0.1) is 26.4 Å². The van der Waals surface area contributed by atoms with Crippen LogP contribution in [0.4, 0.5) is 0 Å². The third kappa shape index (κ3) is 72.8. The summed E-state index contributed by atoms with van der Waals surface area (Å²) in [4.78, 5) is 73.0. The summed E-state index contributed by atoms with van der Waals surface area (Å²) in [5, 5.41) is 10.6. The van der Waals surface area contributed by atoms with Gasteiger partial charge in [0.1, 0.15) is 19.3 Å². The monoisotopic (exact) mass is 1450 g/mol. The second-order valence-electron chi connectivity index (χ2n) is 27.0. The quantitative estimate of drug-likeness (QED) is 0.0169. The van der Waals surface area contributed by atoms with Gasteiger partial charge >= 0.3 is 39.5 Å². The summed E-state index contributed by atoms with van der Waals surface area (Å²) in [5.74, 6) is -2.19. The number of ether oxygens (including phenoxy) is 4. The van der Waals surface area contributed by atoms with Crippen molar-refractivity contribution >= 4 is 39.5 Å². The van der Waals surface area contributed by atoms with Crippen LogP contribution in [0.3, 0.4) is 0 Å². The van der Waals surface area contributed by atoms with Gasteiger partial charge in [-0.25, -0.2) is 9.13 Å². The Balaban J connectivity index is 5.34. The fourth-order valence-corrected chi connectivity index (χ4v) is 12.6. The van der Waals surface area contributed by atoms with E-state index in [1.165, 1.54) is 103 Å². The van der Waals surface area contributed by atoms with Gasteiger partial charge in [0.15, 0.2) is 12.2 Å². The minimum absolute atomic E-state index is 0.0852. The number of carbonyl (C=O) groups excluding carboxylic acids is 4. The van der Waals surface area contributed by atoms with Gasteiger partial charge in [0.2, 0.25) is 0 Å². The van der Waals surface area contributed by atoms with Crippen LogP contribution in [0.25, 0.3) is 0 Å². The van der Waals surface area contributed by atoms with Gasteiger partial charge < -0.3 is 33.8 Å². The number of aliphatic hydroxyl groups excluding tert-OH is 1. The van der Waals surface area contributed by atoms with Crippen LogP contribution in [0.1, 0.15) is 362 Å². The maximum Gasteiger partial charge on any atom is 0.472 e. The van der Waals surface area contributed by atoms with Crippen LogP contribution in [0.5, 0.6) is 0 Å². The maximum atomic E-state index is 13.1. The molecular formula is C81H146O17P2. The summed E-state index contributed by atoms with van der Waals surface area (Å²) in [6.45, 7) is 4.76. The molecule has 0 spiro atoms. The van der Waals surface area contributed by atoms with Crippen LogP contribution in [0.15, 0.2) is 72.9 Å². The van der Waals surface area contributed by atoms with Crippen LogP contribution in [0, 0.1) is 0 Å². The molecule has 5 unspecified atom stereocenters. The van der Waals surface area contributed by atoms with Gasteiger partial charge in [0.25, 0.3) is 0 Å². The number of phosphoric ester groups is 2. The Morgan fingerprint density at radius 1 is 0.290 bits per heavy atom. The Morgan fingerprint density at radius 2 is 0.520 bits per heavy atom. The molecule has 0 radical (unpaired) electrons. The first kappa shape index (κ1) is 96.5. The molecule has 17 nitrogen and oxygen atoms in total. The minimum atomic E-state index is -4.98. The van der Waals surface area contributed by atoms with E-state index in [0.717, 1.165) is 180 Å². The molecule has 0 aromatic carbocycles. The molecule has 0 rings (SSSR count). The van der Waals surface area contributed by atoms with E-state index in [4.69, 9.17) is 37.0 Å². The molecule has 0 aromatic rings. The van der Waals surface area contributed by atoms with Crippen LogP contribution in [0.2, 0.25) is 0 Å². The number of hydrogen-bond acceptors (Lipinski definition) is 15. The molecule has 3 N–H and O–H groups in total. The van der Waals surface area contributed by atoms with Crippen molar-refractivity contribution in [3.63, 3.8) is 0 Å². The van der Waals surface area contributed by atoms with Gasteiger partial charge in [-0.2, -0.15) is 0 Å². The molecule has 0 aromatic heterocycles. The van der Waals surface area contributed by atoms with E-state index in [1.807, 2.05) is 0 Å². The Bertz CT molecular complexity index is 2180. The lowest BCUT2D eigenvalue weighted by molar-refractivity contribution is -0.161. The first-order valence-corrected chi connectivity index (χ1v) is 43.2. The average molecular weight is 1450 g/mol. The highest BCUT2D eigenvalue weighted by molar-refractivity contribution is 7.47. The lowest BCUT2D eigenvalue weighted by atomic mass is 10.1. The summed E-state index contributed by atoms with van der Waals surface area (Å²) in [6, 6.07) is 0. The number of unbranched alkanes of at least 4 members (excludes halogenated alkanes) is 38. The Kier molecular flexibility index (Phi) is 71.2. The molecule has 0 saturated heterocycles. The summed E-state index contributed by atoms with van der Waals surface area (Å²) < 4.78 is 68.6. The first-order valence-electron chi connectivity index (χ1n) is 40.2. The van der Waals surface area contributed by atoms with Crippen molar-refractivity contribution in [3.8, 4) is 0 Å². The fraction of sp³-hybridized carbons (Fsp3) is 0.802. The molecule has 5 atom stereocenters. The maximum absolute atomic E-state index is 13.1. The molecule has 0 fully saturated rings. The number of phosphoric acid groups is 2. The second kappa shape index (κ2) is 73.8. The van der Waals surface area contributed by atoms with Crippen LogP contribution in [-0.2, 0) is 65.4 Å². The summed E-state index contributed by atoms with van der Waals surface area (Å²) in [5.41, 5.74) is 0. The zero-order chi connectivity index (χ0) is 73.2. The number of carbonyl (C=O) groups is 4. The SMILES string of the molecule is CC/C=C\C/C=C\C/C=C\CCCCCCCCCC(=O)OCC(COP(=O)(O)OCC(O)COP(=O)(O)OCC(COC(=O)CCCCCCC/C=C\CCCCCCCC)OC(=O)CCCCCCC/C=C\CCCCCC)OC(=O)CCCCCCC/C=C\CCCCCCCC. The van der Waals surface area contributed by atoms with E-state index in [0.29, 0.717) is 25.7 Å². The van der Waals surface area contributed by atoms with Gasteiger partial charge in [-0.1, -0.05) is 274 Å². The molecular weight excluding hydrogens is 1310 g/mol. The number of hydrogen-bond donors (Lipinski definition) is 3. The zero-order valence-electron chi connectivity index (χ0n) is 63.6. The van der Waals surface area contributed by atoms with Crippen molar-refractivity contribution in [1.82, 2.24) is 0 Å². The van der Waals surface area contributed by atoms with E-state index in [9.17, 15) is 43.2 Å². The zero-order valence-corrected chi connectivity index (χ0v) is 65.4. The standard InChI is InChI=1S/C81H146O17P2/c1-5-9-13-17-21-25-29-33-36-37-40-43-46-50-54-58-62-66-79(84)92-72-77(98-81(86)68-64-60-56-52-48-44-39-35-31-27-23-19-15-11-7-3)74-96-100(89,90)94-70-75(82)69-93-99(87,88)95-73-76(97-80(85)67-63-59-55-51-47-41-32-28-24-20-16-12-8-4)71-91-78(83)65-61-57-53-49-45-42-38-34-30-26-22-18-14-10-6-2/h9,13,21,25,28,32-36,38-39,75-77,82H,5-8,10-12,14-20,22-24,26-27,29-31,37,40-74H2,1-4H3,(H,87,88)(H,89,90)/b13-9-,25-21-,32-28-,36-33-,38-34-,39-35-. The van der Waals surface area contributed by atoms with E-state index in [1.54, 1.807) is 0 Å². The van der Waals surface area contributed by atoms with Crippen LogP contribution >= 0.6 is 15.6 Å². The normalized spacial score (nSPS) is 14.3. The number of aliphatic hydroxyl groups is 1. The number of rotatable bonds is 76.